The fourth-order valence-electron chi connectivity index (χ4n) is 2.19. The van der Waals surface area contributed by atoms with Gasteiger partial charge in [0.2, 0.25) is 5.91 Å². The topological polar surface area (TPSA) is 54.5 Å². The number of hydrogen-bond donors (Lipinski definition) is 0. The van der Waals surface area contributed by atoms with E-state index >= 15 is 0 Å². The van der Waals surface area contributed by atoms with Gasteiger partial charge in [0.1, 0.15) is 4.90 Å². The van der Waals surface area contributed by atoms with Crippen LogP contribution in [0.15, 0.2) is 27.6 Å². The molecule has 110 valence electrons. The van der Waals surface area contributed by atoms with E-state index in [2.05, 4.69) is 15.9 Å². The number of rotatable bonds is 3. The summed E-state index contributed by atoms with van der Waals surface area (Å²) in [7, 11) is -3.87. The second-order valence-corrected chi connectivity index (χ2v) is 8.37. The minimum Gasteiger partial charge on any atom is -0.274 e. The number of sulfonamides is 1. The molecule has 1 unspecified atom stereocenters. The Kier molecular flexibility index (Phi) is 4.47. The van der Waals surface area contributed by atoms with E-state index in [1.807, 2.05) is 13.8 Å². The summed E-state index contributed by atoms with van der Waals surface area (Å²) in [5.41, 5.74) is 0. The normalized spacial score (nSPS) is 19.9. The van der Waals surface area contributed by atoms with Crippen molar-refractivity contribution >= 4 is 43.5 Å². The summed E-state index contributed by atoms with van der Waals surface area (Å²) in [5, 5.41) is 0.111. The maximum absolute atomic E-state index is 12.6. The third-order valence-electron chi connectivity index (χ3n) is 3.52. The number of nitrogens with zero attached hydrogens (tertiary/aromatic N) is 1. The predicted molar refractivity (Wildman–Crippen MR) is 81.0 cm³/mol. The van der Waals surface area contributed by atoms with Gasteiger partial charge in [0.15, 0.2) is 0 Å². The fourth-order valence-corrected chi connectivity index (χ4v) is 4.67. The van der Waals surface area contributed by atoms with Crippen LogP contribution >= 0.6 is 27.5 Å². The Balaban J connectivity index is 2.38. The Hall–Kier alpha value is -0.590. The van der Waals surface area contributed by atoms with Gasteiger partial charge in [-0.3, -0.25) is 4.79 Å². The molecule has 1 saturated heterocycles. The third-order valence-corrected chi connectivity index (χ3v) is 6.28. The molecule has 4 nitrogen and oxygen atoms in total. The molecule has 1 amide bonds. The van der Waals surface area contributed by atoms with Crippen LogP contribution in [0.4, 0.5) is 0 Å². The molecule has 0 bridgehead atoms. The van der Waals surface area contributed by atoms with Gasteiger partial charge in [-0.05, 0) is 30.0 Å². The van der Waals surface area contributed by atoms with Gasteiger partial charge in [-0.2, -0.15) is 0 Å². The summed E-state index contributed by atoms with van der Waals surface area (Å²) in [6.45, 7) is 4.20. The molecule has 1 aliphatic rings. The van der Waals surface area contributed by atoms with Gasteiger partial charge in [0, 0.05) is 17.4 Å². The molecule has 1 atom stereocenters. The van der Waals surface area contributed by atoms with Crippen molar-refractivity contribution in [3.05, 3.63) is 27.7 Å². The molecule has 20 heavy (non-hydrogen) atoms. The van der Waals surface area contributed by atoms with E-state index in [0.29, 0.717) is 4.47 Å². The Morgan fingerprint density at radius 1 is 1.40 bits per heavy atom. The van der Waals surface area contributed by atoms with E-state index in [-0.39, 0.29) is 40.6 Å². The molecule has 7 heteroatoms. The molecule has 1 aliphatic heterocycles. The maximum atomic E-state index is 12.6. The second-order valence-electron chi connectivity index (χ2n) is 5.21. The molecule has 2 rings (SSSR count). The molecular weight excluding hydrogens is 366 g/mol. The van der Waals surface area contributed by atoms with Gasteiger partial charge in [0.05, 0.1) is 5.02 Å². The molecule has 0 aromatic heterocycles. The van der Waals surface area contributed by atoms with E-state index < -0.39 is 10.0 Å². The highest BCUT2D eigenvalue weighted by Crippen LogP contribution is 2.33. The summed E-state index contributed by atoms with van der Waals surface area (Å²) in [4.78, 5) is 12.0. The van der Waals surface area contributed by atoms with Gasteiger partial charge in [-0.15, -0.1) is 0 Å². The fraction of sp³-hybridized carbons (Fsp3) is 0.462. The lowest BCUT2D eigenvalue weighted by atomic mass is 9.95. The van der Waals surface area contributed by atoms with Crippen molar-refractivity contribution in [1.82, 2.24) is 4.31 Å². The van der Waals surface area contributed by atoms with Crippen molar-refractivity contribution in [3.63, 3.8) is 0 Å². The standard InChI is InChI=1S/C13H15BrClNO3S/c1-8(2)9-5-13(17)16(7-9)20(18,19)12-4-3-10(14)6-11(12)15/h3-4,6,8-9H,5,7H2,1-2H3. The highest BCUT2D eigenvalue weighted by atomic mass is 79.9. The summed E-state index contributed by atoms with van der Waals surface area (Å²) < 4.78 is 26.7. The molecule has 0 spiro atoms. The van der Waals surface area contributed by atoms with E-state index in [9.17, 15) is 13.2 Å². The monoisotopic (exact) mass is 379 g/mol. The zero-order valence-corrected chi connectivity index (χ0v) is 14.3. The van der Waals surface area contributed by atoms with E-state index in [1.165, 1.54) is 12.1 Å². The average molecular weight is 381 g/mol. The van der Waals surface area contributed by atoms with Crippen molar-refractivity contribution in [2.75, 3.05) is 6.54 Å². The van der Waals surface area contributed by atoms with Gasteiger partial charge in [-0.25, -0.2) is 12.7 Å². The summed E-state index contributed by atoms with van der Waals surface area (Å²) in [6.07, 6.45) is 0.269. The molecular formula is C13H15BrClNO3S. The zero-order chi connectivity index (χ0) is 15.1. The molecule has 0 aliphatic carbocycles. The van der Waals surface area contributed by atoms with E-state index in [4.69, 9.17) is 11.6 Å². The van der Waals surface area contributed by atoms with Crippen LogP contribution in [0.25, 0.3) is 0 Å². The number of amides is 1. The van der Waals surface area contributed by atoms with Crippen LogP contribution < -0.4 is 0 Å². The van der Waals surface area contributed by atoms with Gasteiger partial charge >= 0.3 is 0 Å². The van der Waals surface area contributed by atoms with Crippen LogP contribution in [0, 0.1) is 11.8 Å². The summed E-state index contributed by atoms with van der Waals surface area (Å²) >= 11 is 9.22. The van der Waals surface area contributed by atoms with Crippen molar-refractivity contribution < 1.29 is 13.2 Å². The van der Waals surface area contributed by atoms with Crippen LogP contribution in [0.3, 0.4) is 0 Å². The van der Waals surface area contributed by atoms with Crippen LogP contribution in [-0.2, 0) is 14.8 Å². The number of benzene rings is 1. The molecule has 0 N–H and O–H groups in total. The van der Waals surface area contributed by atoms with Crippen LogP contribution in [0.1, 0.15) is 20.3 Å². The third kappa shape index (κ3) is 2.87. The van der Waals surface area contributed by atoms with Gasteiger partial charge in [-0.1, -0.05) is 41.4 Å². The quantitative estimate of drug-likeness (QED) is 0.808. The number of carbonyl (C=O) groups is 1. The van der Waals surface area contributed by atoms with Crippen molar-refractivity contribution in [3.8, 4) is 0 Å². The lowest BCUT2D eigenvalue weighted by Gasteiger charge is -2.19. The first kappa shape index (κ1) is 15.8. The van der Waals surface area contributed by atoms with Gasteiger partial charge in [0.25, 0.3) is 10.0 Å². The first-order chi connectivity index (χ1) is 9.23. The largest absolute Gasteiger partial charge is 0.274 e. The lowest BCUT2D eigenvalue weighted by Crippen LogP contribution is -2.33. The molecule has 1 aromatic rings. The first-order valence-electron chi connectivity index (χ1n) is 6.24. The molecule has 1 fully saturated rings. The molecule has 1 aromatic carbocycles. The second kappa shape index (κ2) is 5.66. The Bertz CT molecular complexity index is 645. The van der Waals surface area contributed by atoms with E-state index in [0.717, 1.165) is 4.31 Å². The van der Waals surface area contributed by atoms with E-state index in [1.54, 1.807) is 6.07 Å². The maximum Gasteiger partial charge on any atom is 0.267 e. The average Bonchev–Trinajstić information content (AvgIpc) is 2.71. The van der Waals surface area contributed by atoms with Crippen molar-refractivity contribution in [2.24, 2.45) is 11.8 Å². The highest BCUT2D eigenvalue weighted by Gasteiger charge is 2.40. The Labute approximate surface area is 132 Å². The number of carbonyl (C=O) groups excluding carboxylic acids is 1. The Morgan fingerprint density at radius 3 is 2.55 bits per heavy atom. The predicted octanol–water partition coefficient (Wildman–Crippen LogP) is 3.30. The molecule has 0 radical (unpaired) electrons. The zero-order valence-electron chi connectivity index (χ0n) is 11.1. The summed E-state index contributed by atoms with van der Waals surface area (Å²) in [6, 6.07) is 4.52. The molecule has 0 saturated carbocycles. The SMILES string of the molecule is CC(C)C1CC(=O)N(S(=O)(=O)c2ccc(Br)cc2Cl)C1. The molecule has 1 heterocycles. The lowest BCUT2D eigenvalue weighted by molar-refractivity contribution is -0.123. The summed E-state index contributed by atoms with van der Waals surface area (Å²) in [5.74, 6) is -0.0336. The smallest absolute Gasteiger partial charge is 0.267 e. The number of halogens is 2. The van der Waals surface area contributed by atoms with Crippen LogP contribution in [0.5, 0.6) is 0 Å². The van der Waals surface area contributed by atoms with Crippen LogP contribution in [0.2, 0.25) is 5.02 Å². The Morgan fingerprint density at radius 2 is 2.05 bits per heavy atom. The van der Waals surface area contributed by atoms with Crippen molar-refractivity contribution in [1.29, 1.82) is 0 Å². The first-order valence-corrected chi connectivity index (χ1v) is 8.85. The number of hydrogen-bond acceptors (Lipinski definition) is 3. The van der Waals surface area contributed by atoms with Gasteiger partial charge < -0.3 is 0 Å². The minimum absolute atomic E-state index is 0.0277. The van der Waals surface area contributed by atoms with Crippen molar-refractivity contribution in [2.45, 2.75) is 25.2 Å². The highest BCUT2D eigenvalue weighted by molar-refractivity contribution is 9.10. The minimum atomic E-state index is -3.87. The van der Waals surface area contributed by atoms with Crippen LogP contribution in [-0.4, -0.2) is 25.2 Å².